The maximum absolute atomic E-state index is 8.21. The first-order valence-electron chi connectivity index (χ1n) is 3.38. The molecule has 0 atom stereocenters. The highest BCUT2D eigenvalue weighted by atomic mass is 16.4. The number of nitrogens with two attached hydrogens (primary N) is 1. The summed E-state index contributed by atoms with van der Waals surface area (Å²) in [6.07, 6.45) is 6.57. The van der Waals surface area contributed by atoms with E-state index in [4.69, 9.17) is 10.9 Å². The van der Waals surface area contributed by atoms with E-state index in [1.165, 1.54) is 6.08 Å². The zero-order valence-corrected chi connectivity index (χ0v) is 6.38. The number of nitrogens with zero attached hydrogens (tertiary/aromatic N) is 2. The monoisotopic (exact) mass is 163 g/mol. The van der Waals surface area contributed by atoms with Crippen LogP contribution in [0.1, 0.15) is 5.56 Å². The largest absolute Gasteiger partial charge is 0.409 e. The third kappa shape index (κ3) is 2.42. The topological polar surface area (TPSA) is 71.5 Å². The highest BCUT2D eigenvalue weighted by Gasteiger charge is 1.85. The van der Waals surface area contributed by atoms with E-state index in [2.05, 4.69) is 10.1 Å². The molecule has 0 unspecified atom stereocenters. The molecule has 0 saturated heterocycles. The molecule has 0 aliphatic rings. The summed E-state index contributed by atoms with van der Waals surface area (Å²) in [6.45, 7) is 0. The fourth-order valence-corrected chi connectivity index (χ4v) is 0.689. The van der Waals surface area contributed by atoms with Crippen molar-refractivity contribution in [1.82, 2.24) is 4.98 Å². The Kier molecular flexibility index (Phi) is 2.84. The Morgan fingerprint density at radius 2 is 2.50 bits per heavy atom. The minimum absolute atomic E-state index is 0.0684. The SMILES string of the molecule is NC(/C=C/c1cccnc1)=N\O. The van der Waals surface area contributed by atoms with E-state index in [1.54, 1.807) is 18.5 Å². The van der Waals surface area contributed by atoms with Crippen molar-refractivity contribution in [2.24, 2.45) is 10.9 Å². The van der Waals surface area contributed by atoms with Crippen molar-refractivity contribution in [3.05, 3.63) is 36.2 Å². The van der Waals surface area contributed by atoms with Crippen molar-refractivity contribution in [1.29, 1.82) is 0 Å². The third-order valence-corrected chi connectivity index (χ3v) is 1.25. The van der Waals surface area contributed by atoms with Gasteiger partial charge in [0.25, 0.3) is 0 Å². The lowest BCUT2D eigenvalue weighted by molar-refractivity contribution is 0.319. The molecule has 1 heterocycles. The Balaban J connectivity index is 2.70. The predicted molar refractivity (Wildman–Crippen MR) is 46.7 cm³/mol. The minimum atomic E-state index is 0.0684. The maximum Gasteiger partial charge on any atom is 0.162 e. The normalized spacial score (nSPS) is 12.2. The lowest BCUT2D eigenvalue weighted by Crippen LogP contribution is -2.06. The van der Waals surface area contributed by atoms with Gasteiger partial charge in [-0.05, 0) is 23.8 Å². The van der Waals surface area contributed by atoms with E-state index in [9.17, 15) is 0 Å². The summed E-state index contributed by atoms with van der Waals surface area (Å²) in [5.74, 6) is 0.0684. The Morgan fingerprint density at radius 1 is 1.67 bits per heavy atom. The molecule has 3 N–H and O–H groups in total. The van der Waals surface area contributed by atoms with Crippen LogP contribution >= 0.6 is 0 Å². The number of rotatable bonds is 2. The second kappa shape index (κ2) is 4.12. The summed E-state index contributed by atoms with van der Waals surface area (Å²) in [5.41, 5.74) is 6.12. The number of oxime groups is 1. The van der Waals surface area contributed by atoms with E-state index in [0.717, 1.165) is 5.56 Å². The van der Waals surface area contributed by atoms with Gasteiger partial charge in [0, 0.05) is 12.4 Å². The van der Waals surface area contributed by atoms with Gasteiger partial charge >= 0.3 is 0 Å². The summed E-state index contributed by atoms with van der Waals surface area (Å²) >= 11 is 0. The summed E-state index contributed by atoms with van der Waals surface area (Å²) in [7, 11) is 0. The quantitative estimate of drug-likeness (QED) is 0.294. The van der Waals surface area contributed by atoms with Gasteiger partial charge in [0.1, 0.15) is 0 Å². The van der Waals surface area contributed by atoms with Crippen LogP contribution in [0.15, 0.2) is 35.8 Å². The van der Waals surface area contributed by atoms with Crippen molar-refractivity contribution in [2.45, 2.75) is 0 Å². The zero-order chi connectivity index (χ0) is 8.81. The summed E-state index contributed by atoms with van der Waals surface area (Å²) in [5, 5.41) is 11.0. The predicted octanol–water partition coefficient (Wildman–Crippen LogP) is 0.841. The molecule has 1 aromatic heterocycles. The van der Waals surface area contributed by atoms with Crippen molar-refractivity contribution >= 4 is 11.9 Å². The van der Waals surface area contributed by atoms with Gasteiger partial charge in [-0.1, -0.05) is 11.2 Å². The molecule has 0 fully saturated rings. The van der Waals surface area contributed by atoms with E-state index in [-0.39, 0.29) is 5.84 Å². The summed E-state index contributed by atoms with van der Waals surface area (Å²) < 4.78 is 0. The van der Waals surface area contributed by atoms with Gasteiger partial charge in [0.15, 0.2) is 5.84 Å². The van der Waals surface area contributed by atoms with Crippen LogP contribution in [0.2, 0.25) is 0 Å². The highest BCUT2D eigenvalue weighted by molar-refractivity contribution is 5.94. The molecule has 0 aliphatic carbocycles. The van der Waals surface area contributed by atoms with E-state index in [1.807, 2.05) is 12.1 Å². The van der Waals surface area contributed by atoms with Crippen molar-refractivity contribution in [2.75, 3.05) is 0 Å². The maximum atomic E-state index is 8.21. The van der Waals surface area contributed by atoms with Crippen LogP contribution in [0.5, 0.6) is 0 Å². The summed E-state index contributed by atoms with van der Waals surface area (Å²) in [4.78, 5) is 3.89. The van der Waals surface area contributed by atoms with Gasteiger partial charge in [0.05, 0.1) is 0 Å². The zero-order valence-electron chi connectivity index (χ0n) is 6.38. The smallest absolute Gasteiger partial charge is 0.162 e. The van der Waals surface area contributed by atoms with Gasteiger partial charge in [-0.2, -0.15) is 0 Å². The van der Waals surface area contributed by atoms with Crippen LogP contribution in [0.3, 0.4) is 0 Å². The molecule has 0 bridgehead atoms. The number of aromatic nitrogens is 1. The molecule has 0 amide bonds. The Bertz CT molecular complexity index is 292. The first-order chi connectivity index (χ1) is 5.83. The molecule has 1 aromatic rings. The molecule has 0 radical (unpaired) electrons. The van der Waals surface area contributed by atoms with Crippen LogP contribution in [0.4, 0.5) is 0 Å². The van der Waals surface area contributed by atoms with Gasteiger partial charge in [0.2, 0.25) is 0 Å². The third-order valence-electron chi connectivity index (χ3n) is 1.25. The Labute approximate surface area is 70.0 Å². The number of pyridine rings is 1. The molecular formula is C8H9N3O. The average molecular weight is 163 g/mol. The first-order valence-corrected chi connectivity index (χ1v) is 3.38. The van der Waals surface area contributed by atoms with Crippen LogP contribution in [-0.2, 0) is 0 Å². The second-order valence-corrected chi connectivity index (χ2v) is 2.14. The fourth-order valence-electron chi connectivity index (χ4n) is 0.689. The molecule has 0 aliphatic heterocycles. The molecule has 4 heteroatoms. The Morgan fingerprint density at radius 3 is 3.08 bits per heavy atom. The number of hydrogen-bond donors (Lipinski definition) is 2. The number of hydrogen-bond acceptors (Lipinski definition) is 3. The molecular weight excluding hydrogens is 154 g/mol. The average Bonchev–Trinajstić information content (AvgIpc) is 2.16. The van der Waals surface area contributed by atoms with Crippen LogP contribution in [0, 0.1) is 0 Å². The number of amidine groups is 1. The second-order valence-electron chi connectivity index (χ2n) is 2.14. The molecule has 0 saturated carbocycles. The van der Waals surface area contributed by atoms with Crippen LogP contribution in [0.25, 0.3) is 6.08 Å². The molecule has 4 nitrogen and oxygen atoms in total. The molecule has 12 heavy (non-hydrogen) atoms. The molecule has 1 rings (SSSR count). The van der Waals surface area contributed by atoms with Gasteiger partial charge in [-0.3, -0.25) is 4.98 Å². The van der Waals surface area contributed by atoms with Gasteiger partial charge < -0.3 is 10.9 Å². The molecule has 0 spiro atoms. The van der Waals surface area contributed by atoms with Crippen molar-refractivity contribution in [3.63, 3.8) is 0 Å². The summed E-state index contributed by atoms with van der Waals surface area (Å²) in [6, 6.07) is 3.68. The lowest BCUT2D eigenvalue weighted by atomic mass is 10.2. The lowest BCUT2D eigenvalue weighted by Gasteiger charge is -1.89. The highest BCUT2D eigenvalue weighted by Crippen LogP contribution is 1.97. The van der Waals surface area contributed by atoms with Crippen molar-refractivity contribution < 1.29 is 5.21 Å². The van der Waals surface area contributed by atoms with Gasteiger partial charge in [-0.25, -0.2) is 0 Å². The van der Waals surface area contributed by atoms with Crippen LogP contribution in [-0.4, -0.2) is 16.0 Å². The Hall–Kier alpha value is -1.84. The van der Waals surface area contributed by atoms with Gasteiger partial charge in [-0.15, -0.1) is 0 Å². The standard InChI is InChI=1S/C8H9N3O/c9-8(11-12)4-3-7-2-1-5-10-6-7/h1-6,12H,(H2,9,11)/b4-3+. The first kappa shape index (κ1) is 8.26. The molecule has 62 valence electrons. The fraction of sp³-hybridized carbons (Fsp3) is 0. The minimum Gasteiger partial charge on any atom is -0.409 e. The van der Waals surface area contributed by atoms with Crippen LogP contribution < -0.4 is 5.73 Å². The van der Waals surface area contributed by atoms with Crippen molar-refractivity contribution in [3.8, 4) is 0 Å². The molecule has 0 aromatic carbocycles. The van der Waals surface area contributed by atoms with E-state index in [0.29, 0.717) is 0 Å². The van der Waals surface area contributed by atoms with E-state index >= 15 is 0 Å². The van der Waals surface area contributed by atoms with E-state index < -0.39 is 0 Å².